The molecule has 4 heteroatoms. The molecular formula is C16H20N2OS. The first-order valence-corrected chi connectivity index (χ1v) is 7.23. The minimum Gasteiger partial charge on any atom is -0.393 e. The fraction of sp³-hybridized carbons (Fsp3) is 0.375. The quantitative estimate of drug-likeness (QED) is 0.880. The summed E-state index contributed by atoms with van der Waals surface area (Å²) in [5.41, 5.74) is 6.87. The Morgan fingerprint density at radius 2 is 2.00 bits per heavy atom. The van der Waals surface area contributed by atoms with Crippen LogP contribution in [-0.2, 0) is 6.54 Å². The number of thiocarbonyl (C=S) groups is 1. The highest BCUT2D eigenvalue weighted by molar-refractivity contribution is 7.80. The first-order chi connectivity index (χ1) is 9.40. The van der Waals surface area contributed by atoms with Crippen LogP contribution < -0.4 is 11.3 Å². The van der Waals surface area contributed by atoms with Gasteiger partial charge in [-0.05, 0) is 29.0 Å². The van der Waals surface area contributed by atoms with Crippen LogP contribution in [0.5, 0.6) is 0 Å². The van der Waals surface area contributed by atoms with E-state index in [4.69, 9.17) is 18.0 Å². The highest BCUT2D eigenvalue weighted by Crippen LogP contribution is 2.19. The highest BCUT2D eigenvalue weighted by atomic mass is 32.1. The second-order valence-electron chi connectivity index (χ2n) is 5.58. The molecule has 0 saturated carbocycles. The van der Waals surface area contributed by atoms with E-state index in [0.29, 0.717) is 17.5 Å². The average molecular weight is 288 g/mol. The number of rotatable bonds is 4. The van der Waals surface area contributed by atoms with Crippen molar-refractivity contribution in [1.82, 2.24) is 4.57 Å². The van der Waals surface area contributed by atoms with E-state index in [1.807, 2.05) is 31.3 Å². The van der Waals surface area contributed by atoms with Crippen molar-refractivity contribution in [2.45, 2.75) is 33.2 Å². The number of nitrogens with zero attached hydrogens (tertiary/aromatic N) is 1. The van der Waals surface area contributed by atoms with Gasteiger partial charge in [0.2, 0.25) is 0 Å². The van der Waals surface area contributed by atoms with Gasteiger partial charge in [0.25, 0.3) is 5.56 Å². The molecule has 2 aromatic rings. The molecule has 1 aromatic carbocycles. The number of aromatic nitrogens is 1. The first-order valence-electron chi connectivity index (χ1n) is 6.82. The van der Waals surface area contributed by atoms with Gasteiger partial charge in [-0.1, -0.05) is 45.1 Å². The Kier molecular flexibility index (Phi) is 4.23. The van der Waals surface area contributed by atoms with Gasteiger partial charge < -0.3 is 10.3 Å². The Labute approximate surface area is 124 Å². The highest BCUT2D eigenvalue weighted by Gasteiger charge is 2.10. The molecule has 20 heavy (non-hydrogen) atoms. The van der Waals surface area contributed by atoms with E-state index in [9.17, 15) is 4.79 Å². The van der Waals surface area contributed by atoms with Crippen molar-refractivity contribution < 1.29 is 0 Å². The molecule has 0 amide bonds. The molecule has 1 atom stereocenters. The van der Waals surface area contributed by atoms with Crippen LogP contribution in [0.1, 0.15) is 32.3 Å². The molecule has 0 aliphatic rings. The third kappa shape index (κ3) is 2.90. The lowest BCUT2D eigenvalue weighted by molar-refractivity contribution is 0.585. The molecule has 0 aliphatic heterocycles. The fourth-order valence-corrected chi connectivity index (χ4v) is 2.27. The molecule has 1 aromatic heterocycles. The molecule has 1 heterocycles. The van der Waals surface area contributed by atoms with E-state index in [1.165, 1.54) is 5.56 Å². The Morgan fingerprint density at radius 3 is 2.60 bits per heavy atom. The lowest BCUT2D eigenvalue weighted by atomic mass is 10.00. The normalized spacial score (nSPS) is 12.8. The fourth-order valence-electron chi connectivity index (χ4n) is 2.19. The minimum atomic E-state index is 0.00934. The molecule has 0 aliphatic carbocycles. The largest absolute Gasteiger partial charge is 0.393 e. The number of hydrogen-bond donors (Lipinski definition) is 1. The van der Waals surface area contributed by atoms with E-state index in [0.717, 1.165) is 10.8 Å². The number of benzene rings is 1. The van der Waals surface area contributed by atoms with Crippen LogP contribution in [0, 0.1) is 5.92 Å². The van der Waals surface area contributed by atoms with E-state index in [-0.39, 0.29) is 11.5 Å². The summed E-state index contributed by atoms with van der Waals surface area (Å²) in [6, 6.07) is 8.00. The number of pyridine rings is 1. The van der Waals surface area contributed by atoms with Crippen molar-refractivity contribution in [1.29, 1.82) is 0 Å². The third-order valence-corrected chi connectivity index (χ3v) is 4.03. The van der Waals surface area contributed by atoms with Crippen LogP contribution in [-0.4, -0.2) is 9.56 Å². The van der Waals surface area contributed by atoms with Gasteiger partial charge in [0.05, 0.1) is 4.99 Å². The summed E-state index contributed by atoms with van der Waals surface area (Å²) in [5.74, 6) is 0.464. The summed E-state index contributed by atoms with van der Waals surface area (Å²) in [7, 11) is 0. The van der Waals surface area contributed by atoms with Crippen molar-refractivity contribution in [2.24, 2.45) is 11.7 Å². The van der Waals surface area contributed by atoms with Gasteiger partial charge in [-0.15, -0.1) is 0 Å². The summed E-state index contributed by atoms with van der Waals surface area (Å²) in [5, 5.41) is 1.73. The maximum absolute atomic E-state index is 12.4. The van der Waals surface area contributed by atoms with Crippen LogP contribution in [0.25, 0.3) is 10.8 Å². The zero-order chi connectivity index (χ0) is 14.9. The lowest BCUT2D eigenvalue weighted by Gasteiger charge is -2.13. The minimum absolute atomic E-state index is 0.00934. The molecule has 2 rings (SSSR count). The van der Waals surface area contributed by atoms with Crippen molar-refractivity contribution in [2.75, 3.05) is 0 Å². The van der Waals surface area contributed by atoms with Crippen LogP contribution in [0.4, 0.5) is 0 Å². The zero-order valence-electron chi connectivity index (χ0n) is 12.1. The zero-order valence-corrected chi connectivity index (χ0v) is 12.9. The van der Waals surface area contributed by atoms with Crippen molar-refractivity contribution in [3.63, 3.8) is 0 Å². The Morgan fingerprint density at radius 1 is 1.30 bits per heavy atom. The van der Waals surface area contributed by atoms with Gasteiger partial charge in [-0.2, -0.15) is 0 Å². The molecule has 2 N–H and O–H groups in total. The standard InChI is InChI=1S/C16H20N2OS/c1-10(2)12-4-5-14-13(8-12)6-7-18(16(14)19)9-11(3)15(17)20/h4-8,10-11H,9H2,1-3H3,(H2,17,20). The van der Waals surface area contributed by atoms with E-state index >= 15 is 0 Å². The molecule has 0 saturated heterocycles. The SMILES string of the molecule is CC(Cn1ccc2cc(C(C)C)ccc2c1=O)C(N)=S. The van der Waals surface area contributed by atoms with Crippen molar-refractivity contribution >= 4 is 28.0 Å². The molecule has 1 unspecified atom stereocenters. The van der Waals surface area contributed by atoms with Gasteiger partial charge in [-0.25, -0.2) is 0 Å². The molecule has 0 radical (unpaired) electrons. The number of hydrogen-bond acceptors (Lipinski definition) is 2. The maximum Gasteiger partial charge on any atom is 0.258 e. The Balaban J connectivity index is 2.47. The van der Waals surface area contributed by atoms with Crippen molar-refractivity contribution in [3.8, 4) is 0 Å². The van der Waals surface area contributed by atoms with Gasteiger partial charge >= 0.3 is 0 Å². The van der Waals surface area contributed by atoms with E-state index in [1.54, 1.807) is 4.57 Å². The number of nitrogens with two attached hydrogens (primary N) is 1. The molecular weight excluding hydrogens is 268 g/mol. The van der Waals surface area contributed by atoms with Crippen LogP contribution >= 0.6 is 12.2 Å². The third-order valence-electron chi connectivity index (χ3n) is 3.62. The molecule has 0 spiro atoms. The van der Waals surface area contributed by atoms with Crippen LogP contribution in [0.2, 0.25) is 0 Å². The van der Waals surface area contributed by atoms with Gasteiger partial charge in [0.1, 0.15) is 0 Å². The molecule has 0 fully saturated rings. The van der Waals surface area contributed by atoms with E-state index < -0.39 is 0 Å². The summed E-state index contributed by atoms with van der Waals surface area (Å²) in [6.45, 7) is 6.75. The van der Waals surface area contributed by atoms with Gasteiger partial charge in [-0.3, -0.25) is 4.79 Å². The van der Waals surface area contributed by atoms with Gasteiger partial charge in [0, 0.05) is 24.0 Å². The summed E-state index contributed by atoms with van der Waals surface area (Å²) in [4.78, 5) is 12.9. The van der Waals surface area contributed by atoms with Gasteiger partial charge in [0.15, 0.2) is 0 Å². The predicted octanol–water partition coefficient (Wildman–Crippen LogP) is 3.05. The summed E-state index contributed by atoms with van der Waals surface area (Å²) >= 11 is 4.96. The monoisotopic (exact) mass is 288 g/mol. The maximum atomic E-state index is 12.4. The second kappa shape index (κ2) is 5.75. The average Bonchev–Trinajstić information content (AvgIpc) is 2.41. The smallest absolute Gasteiger partial charge is 0.258 e. The topological polar surface area (TPSA) is 48.0 Å². The van der Waals surface area contributed by atoms with Crippen LogP contribution in [0.3, 0.4) is 0 Å². The molecule has 106 valence electrons. The lowest BCUT2D eigenvalue weighted by Crippen LogP contribution is -2.28. The second-order valence-corrected chi connectivity index (χ2v) is 6.05. The van der Waals surface area contributed by atoms with Crippen molar-refractivity contribution in [3.05, 3.63) is 46.4 Å². The first kappa shape index (κ1) is 14.7. The van der Waals surface area contributed by atoms with E-state index in [2.05, 4.69) is 19.9 Å². The molecule has 0 bridgehead atoms. The summed E-state index contributed by atoms with van der Waals surface area (Å²) < 4.78 is 1.68. The Bertz CT molecular complexity index is 703. The van der Waals surface area contributed by atoms with Crippen LogP contribution in [0.15, 0.2) is 35.3 Å². The molecule has 3 nitrogen and oxygen atoms in total. The predicted molar refractivity (Wildman–Crippen MR) is 88.2 cm³/mol. The number of fused-ring (bicyclic) bond motifs is 1. The summed E-state index contributed by atoms with van der Waals surface area (Å²) in [6.07, 6.45) is 1.82. The Hall–Kier alpha value is -1.68.